The second-order valence-corrected chi connectivity index (χ2v) is 8.13. The Labute approximate surface area is 162 Å². The molecule has 26 heavy (non-hydrogen) atoms. The number of sulfonamides is 1. The van der Waals surface area contributed by atoms with Gasteiger partial charge < -0.3 is 10.1 Å². The lowest BCUT2D eigenvalue weighted by molar-refractivity contribution is -0.116. The summed E-state index contributed by atoms with van der Waals surface area (Å²) >= 11 is 12.0. The summed E-state index contributed by atoms with van der Waals surface area (Å²) in [6, 6.07) is 10.9. The molecule has 0 aliphatic rings. The summed E-state index contributed by atoms with van der Waals surface area (Å²) in [5.74, 6) is 0.216. The van der Waals surface area contributed by atoms with E-state index in [-0.39, 0.29) is 11.4 Å². The van der Waals surface area contributed by atoms with Crippen molar-refractivity contribution in [2.75, 3.05) is 18.7 Å². The Morgan fingerprint density at radius 1 is 1.15 bits per heavy atom. The van der Waals surface area contributed by atoms with E-state index in [0.29, 0.717) is 22.0 Å². The summed E-state index contributed by atoms with van der Waals surface area (Å²) in [5.41, 5.74) is 0.987. The molecule has 6 nitrogen and oxygen atoms in total. The van der Waals surface area contributed by atoms with Gasteiger partial charge in [0.05, 0.1) is 35.1 Å². The van der Waals surface area contributed by atoms with Crippen LogP contribution < -0.4 is 14.8 Å². The molecule has 2 aromatic rings. The lowest BCUT2D eigenvalue weighted by Gasteiger charge is -2.18. The van der Waals surface area contributed by atoms with Gasteiger partial charge in [0, 0.05) is 6.42 Å². The number of benzene rings is 2. The monoisotopic (exact) mass is 416 g/mol. The van der Waals surface area contributed by atoms with Crippen LogP contribution in [0.4, 0.5) is 5.69 Å². The van der Waals surface area contributed by atoms with Crippen LogP contribution >= 0.6 is 23.2 Å². The van der Waals surface area contributed by atoms with Crippen molar-refractivity contribution in [1.29, 1.82) is 0 Å². The van der Waals surface area contributed by atoms with Crippen LogP contribution in [0.5, 0.6) is 5.75 Å². The van der Waals surface area contributed by atoms with Gasteiger partial charge in [0.15, 0.2) is 0 Å². The summed E-state index contributed by atoms with van der Waals surface area (Å²) in [4.78, 5) is 12.4. The van der Waals surface area contributed by atoms with Crippen LogP contribution in [0.3, 0.4) is 0 Å². The third-order valence-corrected chi connectivity index (χ3v) is 5.02. The molecule has 0 aliphatic heterocycles. The quantitative estimate of drug-likeness (QED) is 0.721. The largest absolute Gasteiger partial charge is 0.497 e. The van der Waals surface area contributed by atoms with Crippen molar-refractivity contribution in [2.45, 2.75) is 12.5 Å². The molecule has 0 aliphatic carbocycles. The third-order valence-electron chi connectivity index (χ3n) is 3.49. The van der Waals surface area contributed by atoms with Gasteiger partial charge in [0.25, 0.3) is 0 Å². The second-order valence-electron chi connectivity index (χ2n) is 5.57. The zero-order valence-corrected chi connectivity index (χ0v) is 16.5. The van der Waals surface area contributed by atoms with Crippen molar-refractivity contribution in [3.63, 3.8) is 0 Å². The molecule has 0 heterocycles. The van der Waals surface area contributed by atoms with Gasteiger partial charge in [0.1, 0.15) is 5.75 Å². The van der Waals surface area contributed by atoms with Gasteiger partial charge in [-0.25, -0.2) is 13.1 Å². The van der Waals surface area contributed by atoms with Crippen LogP contribution in [0.2, 0.25) is 10.0 Å². The average Bonchev–Trinajstić information content (AvgIpc) is 2.57. The Kier molecular flexibility index (Phi) is 6.88. The summed E-state index contributed by atoms with van der Waals surface area (Å²) in [6.07, 6.45) is 0.914. The lowest BCUT2D eigenvalue weighted by Crippen LogP contribution is -2.30. The molecular formula is C17H18Cl2N2O4S. The molecule has 9 heteroatoms. The van der Waals surface area contributed by atoms with Crippen molar-refractivity contribution in [1.82, 2.24) is 4.72 Å². The summed E-state index contributed by atoms with van der Waals surface area (Å²) < 4.78 is 30.9. The van der Waals surface area contributed by atoms with E-state index >= 15 is 0 Å². The number of ether oxygens (including phenoxy) is 1. The molecule has 2 N–H and O–H groups in total. The summed E-state index contributed by atoms with van der Waals surface area (Å²) in [7, 11) is -2.00. The Morgan fingerprint density at radius 2 is 1.81 bits per heavy atom. The molecule has 0 aromatic heterocycles. The average molecular weight is 417 g/mol. The minimum Gasteiger partial charge on any atom is -0.497 e. The van der Waals surface area contributed by atoms with E-state index < -0.39 is 22.0 Å². The highest BCUT2D eigenvalue weighted by molar-refractivity contribution is 7.88. The van der Waals surface area contributed by atoms with E-state index in [0.717, 1.165) is 6.26 Å². The zero-order valence-electron chi connectivity index (χ0n) is 14.1. The first kappa shape index (κ1) is 20.5. The first-order valence-corrected chi connectivity index (χ1v) is 10.2. The van der Waals surface area contributed by atoms with Gasteiger partial charge in [0.2, 0.25) is 15.9 Å². The highest BCUT2D eigenvalue weighted by atomic mass is 35.5. The number of anilines is 1. The number of hydrogen-bond acceptors (Lipinski definition) is 4. The zero-order chi connectivity index (χ0) is 19.3. The van der Waals surface area contributed by atoms with Crippen LogP contribution in [0, 0.1) is 0 Å². The highest BCUT2D eigenvalue weighted by Gasteiger charge is 2.20. The maximum atomic E-state index is 12.4. The molecule has 1 atom stereocenters. The predicted octanol–water partition coefficient (Wildman–Crippen LogP) is 3.62. The maximum absolute atomic E-state index is 12.4. The van der Waals surface area contributed by atoms with E-state index in [9.17, 15) is 13.2 Å². The highest BCUT2D eigenvalue weighted by Crippen LogP contribution is 2.30. The smallest absolute Gasteiger partial charge is 0.226 e. The van der Waals surface area contributed by atoms with E-state index in [4.69, 9.17) is 27.9 Å². The van der Waals surface area contributed by atoms with E-state index in [1.165, 1.54) is 7.11 Å². The van der Waals surface area contributed by atoms with Gasteiger partial charge in [-0.3, -0.25) is 4.79 Å². The fourth-order valence-corrected chi connectivity index (χ4v) is 3.39. The molecule has 0 saturated heterocycles. The van der Waals surface area contributed by atoms with Gasteiger partial charge in [-0.15, -0.1) is 0 Å². The molecule has 0 radical (unpaired) electrons. The fourth-order valence-electron chi connectivity index (χ4n) is 2.31. The summed E-state index contributed by atoms with van der Waals surface area (Å²) in [5, 5.41) is 3.18. The number of carbonyl (C=O) groups excluding carboxylic acids is 1. The fraction of sp³-hybridized carbons (Fsp3) is 0.235. The molecule has 0 saturated carbocycles. The number of halogens is 2. The van der Waals surface area contributed by atoms with Crippen molar-refractivity contribution in [3.05, 3.63) is 58.1 Å². The van der Waals surface area contributed by atoms with Crippen LogP contribution in [-0.2, 0) is 14.8 Å². The first-order chi connectivity index (χ1) is 12.2. The SMILES string of the molecule is COc1ccc(C(CC(=O)Nc2cccc(Cl)c2Cl)NS(C)(=O)=O)cc1. The van der Waals surface area contributed by atoms with Crippen molar-refractivity contribution in [3.8, 4) is 5.75 Å². The molecule has 0 fully saturated rings. The normalized spacial score (nSPS) is 12.5. The maximum Gasteiger partial charge on any atom is 0.226 e. The number of hydrogen-bond donors (Lipinski definition) is 2. The van der Waals surface area contributed by atoms with Crippen LogP contribution in [-0.4, -0.2) is 27.7 Å². The molecule has 140 valence electrons. The number of amides is 1. The second kappa shape index (κ2) is 8.73. The Morgan fingerprint density at radius 3 is 2.38 bits per heavy atom. The molecule has 1 amide bonds. The van der Waals surface area contributed by atoms with Crippen LogP contribution in [0.1, 0.15) is 18.0 Å². The van der Waals surface area contributed by atoms with Crippen molar-refractivity contribution < 1.29 is 17.9 Å². The molecule has 0 bridgehead atoms. The molecular weight excluding hydrogens is 399 g/mol. The van der Waals surface area contributed by atoms with Gasteiger partial charge in [-0.05, 0) is 29.8 Å². The Bertz CT molecular complexity index is 886. The minimum absolute atomic E-state index is 0.123. The number of carbonyl (C=O) groups is 1. The van der Waals surface area contributed by atoms with Crippen LogP contribution in [0.25, 0.3) is 0 Å². The van der Waals surface area contributed by atoms with E-state index in [1.54, 1.807) is 42.5 Å². The number of methoxy groups -OCH3 is 1. The first-order valence-electron chi connectivity index (χ1n) is 7.54. The van der Waals surface area contributed by atoms with E-state index in [1.807, 2.05) is 0 Å². The Balaban J connectivity index is 2.19. The molecule has 2 rings (SSSR count). The number of rotatable bonds is 7. The van der Waals surface area contributed by atoms with Gasteiger partial charge in [-0.2, -0.15) is 0 Å². The van der Waals surface area contributed by atoms with Crippen molar-refractivity contribution >= 4 is 44.8 Å². The van der Waals surface area contributed by atoms with E-state index in [2.05, 4.69) is 10.0 Å². The third kappa shape index (κ3) is 5.88. The van der Waals surface area contributed by atoms with Crippen LogP contribution in [0.15, 0.2) is 42.5 Å². The van der Waals surface area contributed by atoms with Gasteiger partial charge in [-0.1, -0.05) is 41.4 Å². The minimum atomic E-state index is -3.53. The Hall–Kier alpha value is -1.80. The van der Waals surface area contributed by atoms with Crippen molar-refractivity contribution in [2.24, 2.45) is 0 Å². The molecule has 2 aromatic carbocycles. The summed E-state index contributed by atoms with van der Waals surface area (Å²) in [6.45, 7) is 0. The lowest BCUT2D eigenvalue weighted by atomic mass is 10.0. The topological polar surface area (TPSA) is 84.5 Å². The van der Waals surface area contributed by atoms with Gasteiger partial charge >= 0.3 is 0 Å². The predicted molar refractivity (Wildman–Crippen MR) is 103 cm³/mol. The molecule has 1 unspecified atom stereocenters. The number of nitrogens with one attached hydrogen (secondary N) is 2. The molecule has 0 spiro atoms. The standard InChI is InChI=1S/C17H18Cl2N2O4S/c1-25-12-8-6-11(7-9-12)15(21-26(2,23)24)10-16(22)20-14-5-3-4-13(18)17(14)19/h3-9,15,21H,10H2,1-2H3,(H,20,22).